The van der Waals surface area contributed by atoms with E-state index in [2.05, 4.69) is 10.3 Å². The van der Waals surface area contributed by atoms with Crippen molar-refractivity contribution >= 4 is 22.5 Å². The Kier molecular flexibility index (Phi) is 4.80. The number of halogens is 1. The van der Waals surface area contributed by atoms with Gasteiger partial charge in [-0.05, 0) is 98.7 Å². The van der Waals surface area contributed by atoms with Crippen molar-refractivity contribution in [3.8, 4) is 0 Å². The summed E-state index contributed by atoms with van der Waals surface area (Å²) in [6, 6.07) is 14.9. The minimum absolute atomic E-state index is 0.103. The van der Waals surface area contributed by atoms with Gasteiger partial charge < -0.3 is 5.32 Å². The molecule has 1 aromatic heterocycles. The van der Waals surface area contributed by atoms with E-state index in [0.29, 0.717) is 5.92 Å². The number of benzene rings is 2. The molecule has 154 valence electrons. The largest absolute Gasteiger partial charge is 0.326 e. The highest BCUT2D eigenvalue weighted by atomic mass is 19.1. The molecule has 1 atom stereocenters. The van der Waals surface area contributed by atoms with Gasteiger partial charge in [0.05, 0.1) is 5.52 Å². The number of amides is 1. The van der Waals surface area contributed by atoms with Gasteiger partial charge in [-0.1, -0.05) is 17.7 Å². The first-order valence-corrected chi connectivity index (χ1v) is 11.0. The van der Waals surface area contributed by atoms with Crippen LogP contribution in [-0.2, 0) is 4.79 Å². The Morgan fingerprint density at radius 1 is 1.03 bits per heavy atom. The number of anilines is 1. The third-order valence-corrected chi connectivity index (χ3v) is 7.46. The highest BCUT2D eigenvalue weighted by Crippen LogP contribution is 2.58. The number of hydrogen-bond acceptors (Lipinski definition) is 2. The summed E-state index contributed by atoms with van der Waals surface area (Å²) in [6.45, 7) is 2.05. The minimum Gasteiger partial charge on any atom is -0.326 e. The highest BCUT2D eigenvalue weighted by Gasteiger charge is 2.51. The van der Waals surface area contributed by atoms with Crippen molar-refractivity contribution < 1.29 is 9.18 Å². The lowest BCUT2D eigenvalue weighted by Gasteiger charge is -2.52. The average molecular weight is 403 g/mol. The normalized spacial score (nSPS) is 25.8. The predicted octanol–water partition coefficient (Wildman–Crippen LogP) is 6.38. The lowest BCUT2D eigenvalue weighted by Crippen LogP contribution is -2.48. The number of fused-ring (bicyclic) bond motifs is 1. The van der Waals surface area contributed by atoms with Gasteiger partial charge in [-0.15, -0.1) is 0 Å². The van der Waals surface area contributed by atoms with Crippen LogP contribution in [-0.4, -0.2) is 10.9 Å². The first kappa shape index (κ1) is 19.2. The molecule has 0 bridgehead atoms. The summed E-state index contributed by atoms with van der Waals surface area (Å²) in [5.74, 6) is 0.464. The van der Waals surface area contributed by atoms with E-state index in [1.807, 2.05) is 43.5 Å². The number of carbonyl (C=O) groups excluding carboxylic acids is 1. The van der Waals surface area contributed by atoms with E-state index in [4.69, 9.17) is 0 Å². The maximum Gasteiger partial charge on any atom is 0.228 e. The molecule has 1 heterocycles. The molecule has 1 N–H and O–H groups in total. The highest BCUT2D eigenvalue weighted by molar-refractivity contribution is 5.93. The summed E-state index contributed by atoms with van der Waals surface area (Å²) in [5.41, 5.74) is 4.27. The number of aryl methyl sites for hydroxylation is 1. The van der Waals surface area contributed by atoms with Crippen LogP contribution in [0.5, 0.6) is 0 Å². The topological polar surface area (TPSA) is 42.0 Å². The first-order valence-electron chi connectivity index (χ1n) is 11.0. The number of carbonyl (C=O) groups is 1. The molecule has 2 aromatic carbocycles. The molecule has 4 heteroatoms. The van der Waals surface area contributed by atoms with Gasteiger partial charge in [-0.25, -0.2) is 4.39 Å². The van der Waals surface area contributed by atoms with Crippen molar-refractivity contribution in [3.63, 3.8) is 0 Å². The molecule has 2 aliphatic carbocycles. The lowest BCUT2D eigenvalue weighted by molar-refractivity contribution is -0.133. The molecule has 2 fully saturated rings. The van der Waals surface area contributed by atoms with Gasteiger partial charge >= 0.3 is 0 Å². The van der Waals surface area contributed by atoms with Gasteiger partial charge in [0.25, 0.3) is 0 Å². The average Bonchev–Trinajstić information content (AvgIpc) is 2.74. The second-order valence-electron chi connectivity index (χ2n) is 9.14. The Morgan fingerprint density at radius 2 is 1.77 bits per heavy atom. The van der Waals surface area contributed by atoms with Gasteiger partial charge in [0.15, 0.2) is 0 Å². The maximum atomic E-state index is 13.8. The summed E-state index contributed by atoms with van der Waals surface area (Å²) >= 11 is 0. The molecule has 2 saturated carbocycles. The van der Waals surface area contributed by atoms with Crippen LogP contribution in [0.25, 0.3) is 10.9 Å². The molecule has 1 unspecified atom stereocenters. The second kappa shape index (κ2) is 7.50. The zero-order chi connectivity index (χ0) is 20.7. The van der Waals surface area contributed by atoms with E-state index < -0.39 is 0 Å². The van der Waals surface area contributed by atoms with Crippen LogP contribution in [0, 0.1) is 24.1 Å². The molecule has 30 heavy (non-hydrogen) atoms. The Morgan fingerprint density at radius 3 is 2.47 bits per heavy atom. The third kappa shape index (κ3) is 3.38. The zero-order valence-corrected chi connectivity index (χ0v) is 17.3. The van der Waals surface area contributed by atoms with Crippen LogP contribution in [0.3, 0.4) is 0 Å². The Bertz CT molecular complexity index is 1080. The number of hydrogen-bond donors (Lipinski definition) is 1. The predicted molar refractivity (Wildman–Crippen MR) is 118 cm³/mol. The lowest BCUT2D eigenvalue weighted by atomic mass is 9.52. The first-order chi connectivity index (χ1) is 14.5. The summed E-state index contributed by atoms with van der Waals surface area (Å²) in [7, 11) is 0. The zero-order valence-electron chi connectivity index (χ0n) is 17.3. The number of aromatic nitrogens is 1. The Hall–Kier alpha value is -2.75. The van der Waals surface area contributed by atoms with Crippen molar-refractivity contribution in [2.45, 2.75) is 51.4 Å². The molecular formula is C26H27FN2O. The summed E-state index contributed by atoms with van der Waals surface area (Å²) < 4.78 is 13.8. The maximum absolute atomic E-state index is 13.8. The standard InChI is InChI=1S/C26H27FN2O/c1-17-2-5-20(6-3-17)29-25(30)23-10-14-26(23)12-8-18(9-13-26)21-11-15-28-24-7-4-19(27)16-22(21)24/h2-7,11,15-16,18,23H,8-10,12-14H2,1H3,(H,29,30). The SMILES string of the molecule is Cc1ccc(NC(=O)C2CCC23CCC(c2ccnc4ccc(F)cc24)CC3)cc1. The van der Waals surface area contributed by atoms with E-state index >= 15 is 0 Å². The van der Waals surface area contributed by atoms with Gasteiger partial charge in [0, 0.05) is 23.2 Å². The fraction of sp³-hybridized carbons (Fsp3) is 0.385. The minimum atomic E-state index is -0.212. The summed E-state index contributed by atoms with van der Waals surface area (Å²) in [4.78, 5) is 17.4. The molecule has 1 spiro atoms. The molecule has 2 aliphatic rings. The quantitative estimate of drug-likeness (QED) is 0.553. The van der Waals surface area contributed by atoms with Crippen molar-refractivity contribution in [1.29, 1.82) is 0 Å². The number of nitrogens with one attached hydrogen (secondary N) is 1. The molecule has 3 nitrogen and oxygen atoms in total. The monoisotopic (exact) mass is 402 g/mol. The number of rotatable bonds is 3. The molecular weight excluding hydrogens is 375 g/mol. The third-order valence-electron chi connectivity index (χ3n) is 7.46. The van der Waals surface area contributed by atoms with Crippen LogP contribution in [0.2, 0.25) is 0 Å². The van der Waals surface area contributed by atoms with E-state index in [-0.39, 0.29) is 23.1 Å². The van der Waals surface area contributed by atoms with Crippen molar-refractivity contribution in [3.05, 3.63) is 71.7 Å². The van der Waals surface area contributed by atoms with E-state index in [0.717, 1.165) is 55.1 Å². The van der Waals surface area contributed by atoms with Crippen LogP contribution in [0.4, 0.5) is 10.1 Å². The molecule has 3 aromatic rings. The van der Waals surface area contributed by atoms with Gasteiger partial charge in [0.2, 0.25) is 5.91 Å². The van der Waals surface area contributed by atoms with Gasteiger partial charge in [-0.2, -0.15) is 0 Å². The van der Waals surface area contributed by atoms with Gasteiger partial charge in [-0.3, -0.25) is 9.78 Å². The van der Waals surface area contributed by atoms with E-state index in [1.165, 1.54) is 17.2 Å². The molecule has 0 saturated heterocycles. The van der Waals surface area contributed by atoms with Crippen LogP contribution in [0.1, 0.15) is 55.6 Å². The summed E-state index contributed by atoms with van der Waals surface area (Å²) in [6.07, 6.45) is 8.16. The van der Waals surface area contributed by atoms with Crippen LogP contribution in [0.15, 0.2) is 54.7 Å². The molecule has 1 amide bonds. The van der Waals surface area contributed by atoms with E-state index in [1.54, 1.807) is 12.1 Å². The number of nitrogens with zero attached hydrogens (tertiary/aromatic N) is 1. The van der Waals surface area contributed by atoms with Crippen LogP contribution < -0.4 is 5.32 Å². The van der Waals surface area contributed by atoms with E-state index in [9.17, 15) is 9.18 Å². The van der Waals surface area contributed by atoms with Gasteiger partial charge in [0.1, 0.15) is 5.82 Å². The summed E-state index contributed by atoms with van der Waals surface area (Å²) in [5, 5.41) is 4.06. The molecule has 0 radical (unpaired) electrons. The Labute approximate surface area is 176 Å². The second-order valence-corrected chi connectivity index (χ2v) is 9.14. The smallest absolute Gasteiger partial charge is 0.228 e. The fourth-order valence-electron chi connectivity index (χ4n) is 5.57. The van der Waals surface area contributed by atoms with Crippen molar-refractivity contribution in [2.75, 3.05) is 5.32 Å². The number of pyridine rings is 1. The fourth-order valence-corrected chi connectivity index (χ4v) is 5.57. The van der Waals surface area contributed by atoms with Crippen molar-refractivity contribution in [1.82, 2.24) is 4.98 Å². The van der Waals surface area contributed by atoms with Crippen LogP contribution >= 0.6 is 0 Å². The molecule has 5 rings (SSSR count). The van der Waals surface area contributed by atoms with Crippen molar-refractivity contribution in [2.24, 2.45) is 11.3 Å². The molecule has 0 aliphatic heterocycles. The Balaban J connectivity index is 1.29.